The van der Waals surface area contributed by atoms with Crippen LogP contribution in [0.4, 0.5) is 21.9 Å². The first-order chi connectivity index (χ1) is 24.7. The molecule has 0 aliphatic rings. The second kappa shape index (κ2) is 20.5. The van der Waals surface area contributed by atoms with Crippen LogP contribution in [-0.2, 0) is 30.4 Å². The van der Waals surface area contributed by atoms with Crippen molar-refractivity contribution in [1.82, 2.24) is 0 Å². The van der Waals surface area contributed by atoms with Crippen LogP contribution in [-0.4, -0.2) is 50.6 Å². The molecule has 52 heavy (non-hydrogen) atoms. The van der Waals surface area contributed by atoms with Crippen molar-refractivity contribution < 1.29 is 33.3 Å². The fourth-order valence-electron chi connectivity index (χ4n) is 5.65. The van der Waals surface area contributed by atoms with Gasteiger partial charge in [-0.15, -0.1) is 0 Å². The largest absolute Gasteiger partial charge is 0.497 e. The summed E-state index contributed by atoms with van der Waals surface area (Å²) in [5.74, 6) is -0.0585. The maximum absolute atomic E-state index is 13.4. The minimum Gasteiger partial charge on any atom is -0.497 e. The van der Waals surface area contributed by atoms with Crippen LogP contribution in [0.25, 0.3) is 0 Å². The molecule has 2 unspecified atom stereocenters. The zero-order valence-corrected chi connectivity index (χ0v) is 32.7. The number of urea groups is 1. The highest BCUT2D eigenvalue weighted by atomic mass is 16.7. The molecule has 0 saturated heterocycles. The fourth-order valence-corrected chi connectivity index (χ4v) is 5.65. The third kappa shape index (κ3) is 13.5. The van der Waals surface area contributed by atoms with E-state index in [0.29, 0.717) is 29.6 Å². The van der Waals surface area contributed by atoms with Crippen molar-refractivity contribution in [1.29, 1.82) is 0 Å². The monoisotopic (exact) mass is 717 g/mol. The lowest BCUT2D eigenvalue weighted by Gasteiger charge is -2.31. The Balaban J connectivity index is 1.75. The van der Waals surface area contributed by atoms with E-state index in [2.05, 4.69) is 43.2 Å². The van der Waals surface area contributed by atoms with E-state index >= 15 is 0 Å². The van der Waals surface area contributed by atoms with Crippen LogP contribution < -0.4 is 20.3 Å². The summed E-state index contributed by atoms with van der Waals surface area (Å²) < 4.78 is 22.3. The zero-order valence-electron chi connectivity index (χ0n) is 32.7. The van der Waals surface area contributed by atoms with Crippen molar-refractivity contribution >= 4 is 35.0 Å². The van der Waals surface area contributed by atoms with E-state index in [1.54, 1.807) is 14.0 Å². The van der Waals surface area contributed by atoms with Gasteiger partial charge < -0.3 is 34.5 Å². The molecule has 2 N–H and O–H groups in total. The number of carbonyl (C=O) groups excluding carboxylic acids is 3. The summed E-state index contributed by atoms with van der Waals surface area (Å²) in [5.41, 5.74) is 5.14. The number of benzene rings is 3. The first-order valence-corrected chi connectivity index (χ1v) is 18.4. The summed E-state index contributed by atoms with van der Waals surface area (Å²) in [7, 11) is 1.60. The SMILES string of the molecule is CC[C@@H](CC(=O)OC(OC(=O)C(C)OCc1ccc(OC)cc1)C(C)C)c1ccc(N(CC(C)C)CC(C)C)c(NC(=O)Nc2ccc(C)cc2)c1. The minimum atomic E-state index is -1.07. The predicted octanol–water partition coefficient (Wildman–Crippen LogP) is 9.32. The lowest BCUT2D eigenvalue weighted by Crippen LogP contribution is -2.34. The van der Waals surface area contributed by atoms with Crippen LogP contribution in [0.2, 0.25) is 0 Å². The summed E-state index contributed by atoms with van der Waals surface area (Å²) >= 11 is 0. The quantitative estimate of drug-likeness (QED) is 0.0932. The molecule has 3 atom stereocenters. The fraction of sp³-hybridized carbons (Fsp3) is 0.500. The molecule has 10 nitrogen and oxygen atoms in total. The number of nitrogens with one attached hydrogen (secondary N) is 2. The standard InChI is InChI=1S/C42H59N3O7/c1-11-33(23-39(46)51-41(29(6)7)52-40(47)31(9)50-26-32-14-19-36(49-10)20-15-32)34-16-21-38(45(24-27(2)3)25-28(4)5)37(22-34)44-42(48)43-35-17-12-30(8)13-18-35/h12-22,27-29,31,33,41H,11,23-26H2,1-10H3,(H2,43,44,48)/t31?,33-,41?/m0/s1. The molecule has 3 rings (SSSR count). The predicted molar refractivity (Wildman–Crippen MR) is 208 cm³/mol. The number of aryl methyl sites for hydroxylation is 1. The molecule has 2 amide bonds. The van der Waals surface area contributed by atoms with E-state index in [-0.39, 0.29) is 30.9 Å². The normalized spacial score (nSPS) is 13.0. The molecule has 0 fully saturated rings. The first-order valence-electron chi connectivity index (χ1n) is 18.4. The van der Waals surface area contributed by atoms with Crippen molar-refractivity contribution in [3.63, 3.8) is 0 Å². The Morgan fingerprint density at radius 1 is 0.788 bits per heavy atom. The van der Waals surface area contributed by atoms with Gasteiger partial charge in [-0.1, -0.05) is 84.4 Å². The Labute approximate surface area is 310 Å². The van der Waals surface area contributed by atoms with Crippen LogP contribution in [0.5, 0.6) is 5.75 Å². The number of hydrogen-bond acceptors (Lipinski definition) is 8. The van der Waals surface area contributed by atoms with E-state index < -0.39 is 24.3 Å². The number of rotatable bonds is 19. The Morgan fingerprint density at radius 2 is 1.42 bits per heavy atom. The molecule has 0 heterocycles. The molecule has 0 aromatic heterocycles. The molecule has 10 heteroatoms. The first kappa shape index (κ1) is 41.8. The van der Waals surface area contributed by atoms with E-state index in [1.807, 2.05) is 94.4 Å². The molecule has 3 aromatic rings. The van der Waals surface area contributed by atoms with Gasteiger partial charge in [0.25, 0.3) is 0 Å². The van der Waals surface area contributed by atoms with E-state index in [4.69, 9.17) is 18.9 Å². The van der Waals surface area contributed by atoms with E-state index in [1.165, 1.54) is 0 Å². The number of anilines is 3. The average molecular weight is 718 g/mol. The molecule has 0 bridgehead atoms. The minimum absolute atomic E-state index is 0.0663. The number of esters is 2. The molecule has 0 saturated carbocycles. The van der Waals surface area contributed by atoms with Gasteiger partial charge in [0, 0.05) is 24.7 Å². The Hall–Kier alpha value is -4.57. The van der Waals surface area contributed by atoms with E-state index in [9.17, 15) is 14.4 Å². The van der Waals surface area contributed by atoms with Crippen LogP contribution in [0.1, 0.15) is 90.8 Å². The highest BCUT2D eigenvalue weighted by Gasteiger charge is 2.28. The second-order valence-electron chi connectivity index (χ2n) is 14.6. The van der Waals surface area contributed by atoms with Gasteiger partial charge in [-0.3, -0.25) is 4.79 Å². The Morgan fingerprint density at radius 3 is 1.98 bits per heavy atom. The molecule has 0 aliphatic heterocycles. The van der Waals surface area contributed by atoms with Gasteiger partial charge in [-0.2, -0.15) is 0 Å². The van der Waals surface area contributed by atoms with Crippen molar-refractivity contribution in [2.24, 2.45) is 17.8 Å². The summed E-state index contributed by atoms with van der Waals surface area (Å²) in [6.07, 6.45) is -1.23. The molecule has 0 spiro atoms. The number of ether oxygens (including phenoxy) is 4. The number of amides is 2. The third-order valence-electron chi connectivity index (χ3n) is 8.48. The third-order valence-corrected chi connectivity index (χ3v) is 8.48. The molecule has 0 radical (unpaired) electrons. The second-order valence-corrected chi connectivity index (χ2v) is 14.6. The molecule has 284 valence electrons. The molecule has 0 aliphatic carbocycles. The lowest BCUT2D eigenvalue weighted by atomic mass is 9.92. The number of hydrogen-bond donors (Lipinski definition) is 2. The van der Waals surface area contributed by atoms with Gasteiger partial charge in [0.1, 0.15) is 5.75 Å². The smallest absolute Gasteiger partial charge is 0.338 e. The highest BCUT2D eigenvalue weighted by Crippen LogP contribution is 2.34. The Bertz CT molecular complexity index is 1560. The van der Waals surface area contributed by atoms with Crippen molar-refractivity contribution in [3.05, 3.63) is 83.4 Å². The zero-order chi connectivity index (χ0) is 38.4. The molecule has 3 aromatic carbocycles. The summed E-state index contributed by atoms with van der Waals surface area (Å²) in [6, 6.07) is 20.7. The van der Waals surface area contributed by atoms with Gasteiger partial charge in [0.05, 0.1) is 31.5 Å². The van der Waals surface area contributed by atoms with Gasteiger partial charge in [0.15, 0.2) is 6.10 Å². The van der Waals surface area contributed by atoms with Crippen molar-refractivity contribution in [2.75, 3.05) is 35.7 Å². The molecular formula is C42H59N3O7. The van der Waals surface area contributed by atoms with Crippen molar-refractivity contribution in [3.8, 4) is 5.75 Å². The van der Waals surface area contributed by atoms with Gasteiger partial charge >= 0.3 is 18.0 Å². The van der Waals surface area contributed by atoms with E-state index in [0.717, 1.165) is 41.2 Å². The maximum Gasteiger partial charge on any atom is 0.338 e. The van der Waals surface area contributed by atoms with Gasteiger partial charge in [-0.25, -0.2) is 9.59 Å². The molecular weight excluding hydrogens is 658 g/mol. The average Bonchev–Trinajstić information content (AvgIpc) is 3.09. The van der Waals surface area contributed by atoms with Crippen LogP contribution in [0, 0.1) is 24.7 Å². The highest BCUT2D eigenvalue weighted by molar-refractivity contribution is 6.02. The topological polar surface area (TPSA) is 115 Å². The van der Waals surface area contributed by atoms with Crippen LogP contribution in [0.3, 0.4) is 0 Å². The number of carbonyl (C=O) groups is 3. The number of methoxy groups -OCH3 is 1. The summed E-state index contributed by atoms with van der Waals surface area (Å²) in [4.78, 5) is 41.9. The van der Waals surface area contributed by atoms with Gasteiger partial charge in [0.2, 0.25) is 6.29 Å². The Kier molecular flexibility index (Phi) is 16.5. The summed E-state index contributed by atoms with van der Waals surface area (Å²) in [6.45, 7) is 19.8. The van der Waals surface area contributed by atoms with Gasteiger partial charge in [-0.05, 0) is 85.5 Å². The van der Waals surface area contributed by atoms with Crippen molar-refractivity contribution in [2.45, 2.75) is 100 Å². The maximum atomic E-state index is 13.4. The summed E-state index contributed by atoms with van der Waals surface area (Å²) in [5, 5.41) is 6.03. The van der Waals surface area contributed by atoms with Crippen LogP contribution in [0.15, 0.2) is 66.7 Å². The lowest BCUT2D eigenvalue weighted by molar-refractivity contribution is -0.203. The van der Waals surface area contributed by atoms with Crippen LogP contribution >= 0.6 is 0 Å². The number of nitrogens with zero attached hydrogens (tertiary/aromatic N) is 1.